The first-order valence-electron chi connectivity index (χ1n) is 4.49. The number of hydrogen-bond donors (Lipinski definition) is 0. The Morgan fingerprint density at radius 3 is 2.06 bits per heavy atom. The minimum atomic E-state index is -0.775. The van der Waals surface area contributed by atoms with Crippen LogP contribution in [-0.4, -0.2) is 50.9 Å². The van der Waals surface area contributed by atoms with Gasteiger partial charge in [-0.15, -0.1) is 0 Å². The molecule has 0 heterocycles. The zero-order valence-electron chi connectivity index (χ0n) is 9.77. The van der Waals surface area contributed by atoms with Crippen LogP contribution in [0.25, 0.3) is 0 Å². The van der Waals surface area contributed by atoms with Crippen LogP contribution in [0.15, 0.2) is 11.8 Å². The summed E-state index contributed by atoms with van der Waals surface area (Å²) < 4.78 is 8.78. The Morgan fingerprint density at radius 2 is 1.69 bits per heavy atom. The Hall–Kier alpha value is -1.85. The van der Waals surface area contributed by atoms with Crippen molar-refractivity contribution in [3.8, 4) is 0 Å². The number of ketones is 1. The molecule has 0 amide bonds. The number of rotatable bonds is 5. The monoisotopic (exact) mass is 229 g/mol. The third kappa shape index (κ3) is 4.59. The zero-order chi connectivity index (χ0) is 12.7. The van der Waals surface area contributed by atoms with Crippen molar-refractivity contribution in [2.45, 2.75) is 6.42 Å². The highest BCUT2D eigenvalue weighted by atomic mass is 16.5. The second kappa shape index (κ2) is 6.60. The molecule has 6 nitrogen and oxygen atoms in total. The van der Waals surface area contributed by atoms with E-state index in [9.17, 15) is 14.4 Å². The number of carbonyl (C=O) groups excluding carboxylic acids is 3. The SMILES string of the molecule is COC(=O)CC(=O)/C(=C/N(C)C)C(=O)OC. The molecular weight excluding hydrogens is 214 g/mol. The summed E-state index contributed by atoms with van der Waals surface area (Å²) in [7, 11) is 5.63. The Kier molecular flexibility index (Phi) is 5.84. The van der Waals surface area contributed by atoms with Gasteiger partial charge in [-0.05, 0) is 0 Å². The van der Waals surface area contributed by atoms with Crippen LogP contribution in [0.3, 0.4) is 0 Å². The molecule has 0 aliphatic carbocycles. The van der Waals surface area contributed by atoms with Crippen molar-refractivity contribution >= 4 is 17.7 Å². The highest BCUT2D eigenvalue weighted by Crippen LogP contribution is 2.04. The molecule has 0 aliphatic rings. The second-order valence-electron chi connectivity index (χ2n) is 3.17. The fourth-order valence-electron chi connectivity index (χ4n) is 0.905. The van der Waals surface area contributed by atoms with E-state index < -0.39 is 24.1 Å². The maximum atomic E-state index is 11.6. The molecule has 0 unspecified atom stereocenters. The van der Waals surface area contributed by atoms with Crippen molar-refractivity contribution in [3.63, 3.8) is 0 Å². The molecule has 0 fully saturated rings. The maximum absolute atomic E-state index is 11.6. The molecule has 0 atom stereocenters. The van der Waals surface area contributed by atoms with Crippen LogP contribution in [0.5, 0.6) is 0 Å². The number of carbonyl (C=O) groups is 3. The van der Waals surface area contributed by atoms with Gasteiger partial charge in [0.1, 0.15) is 12.0 Å². The largest absolute Gasteiger partial charge is 0.469 e. The summed E-state index contributed by atoms with van der Waals surface area (Å²) in [6.45, 7) is 0. The molecule has 0 aromatic carbocycles. The lowest BCUT2D eigenvalue weighted by Crippen LogP contribution is -2.20. The van der Waals surface area contributed by atoms with Crippen molar-refractivity contribution < 1.29 is 23.9 Å². The Morgan fingerprint density at radius 1 is 1.12 bits per heavy atom. The molecule has 0 N–H and O–H groups in total. The minimum Gasteiger partial charge on any atom is -0.469 e. The number of nitrogens with zero attached hydrogens (tertiary/aromatic N) is 1. The van der Waals surface area contributed by atoms with Gasteiger partial charge in [0, 0.05) is 20.3 Å². The molecule has 6 heteroatoms. The lowest BCUT2D eigenvalue weighted by Gasteiger charge is -2.09. The van der Waals surface area contributed by atoms with Crippen molar-refractivity contribution in [3.05, 3.63) is 11.8 Å². The molecule has 0 aromatic rings. The number of ether oxygens (including phenoxy) is 2. The summed E-state index contributed by atoms with van der Waals surface area (Å²) in [4.78, 5) is 35.2. The van der Waals surface area contributed by atoms with Crippen LogP contribution < -0.4 is 0 Å². The first-order chi connectivity index (χ1) is 7.42. The summed E-state index contributed by atoms with van der Waals surface area (Å²) in [5, 5.41) is 0. The summed E-state index contributed by atoms with van der Waals surface area (Å²) >= 11 is 0. The third-order valence-electron chi connectivity index (χ3n) is 1.63. The fourth-order valence-corrected chi connectivity index (χ4v) is 0.905. The molecule has 0 rings (SSSR count). The van der Waals surface area contributed by atoms with Gasteiger partial charge in [-0.1, -0.05) is 0 Å². The zero-order valence-corrected chi connectivity index (χ0v) is 9.77. The van der Waals surface area contributed by atoms with Crippen molar-refractivity contribution in [2.75, 3.05) is 28.3 Å². The van der Waals surface area contributed by atoms with Crippen molar-refractivity contribution in [1.29, 1.82) is 0 Å². The van der Waals surface area contributed by atoms with Crippen LogP contribution in [0.4, 0.5) is 0 Å². The van der Waals surface area contributed by atoms with E-state index in [1.807, 2.05) is 0 Å². The van der Waals surface area contributed by atoms with Crippen LogP contribution >= 0.6 is 0 Å². The molecule has 0 aliphatic heterocycles. The molecular formula is C10H15NO5. The van der Waals surface area contributed by atoms with Gasteiger partial charge >= 0.3 is 11.9 Å². The lowest BCUT2D eigenvalue weighted by atomic mass is 10.1. The molecule has 0 radical (unpaired) electrons. The molecule has 16 heavy (non-hydrogen) atoms. The van der Waals surface area contributed by atoms with Crippen LogP contribution in [-0.2, 0) is 23.9 Å². The van der Waals surface area contributed by atoms with Gasteiger partial charge in [-0.2, -0.15) is 0 Å². The van der Waals surface area contributed by atoms with Crippen molar-refractivity contribution in [1.82, 2.24) is 4.90 Å². The molecule has 0 bridgehead atoms. The smallest absolute Gasteiger partial charge is 0.343 e. The average molecular weight is 229 g/mol. The van der Waals surface area contributed by atoms with Gasteiger partial charge in [-0.25, -0.2) is 4.79 Å². The summed E-state index contributed by atoms with van der Waals surface area (Å²) in [6, 6.07) is 0. The summed E-state index contributed by atoms with van der Waals surface area (Å²) in [5.74, 6) is -2.10. The second-order valence-corrected chi connectivity index (χ2v) is 3.17. The first kappa shape index (κ1) is 14.2. The quantitative estimate of drug-likeness (QED) is 0.280. The average Bonchev–Trinajstić information content (AvgIpc) is 2.24. The summed E-state index contributed by atoms with van der Waals surface area (Å²) in [5.41, 5.74) is -0.182. The van der Waals surface area contributed by atoms with Crippen LogP contribution in [0.1, 0.15) is 6.42 Å². The Balaban J connectivity index is 4.85. The van der Waals surface area contributed by atoms with Crippen LogP contribution in [0.2, 0.25) is 0 Å². The Labute approximate surface area is 93.8 Å². The van der Waals surface area contributed by atoms with E-state index in [-0.39, 0.29) is 5.57 Å². The summed E-state index contributed by atoms with van der Waals surface area (Å²) in [6.07, 6.45) is 0.822. The van der Waals surface area contributed by atoms with Crippen LogP contribution in [0, 0.1) is 0 Å². The van der Waals surface area contributed by atoms with Gasteiger partial charge in [0.15, 0.2) is 5.78 Å². The highest BCUT2D eigenvalue weighted by Gasteiger charge is 2.22. The van der Waals surface area contributed by atoms with Gasteiger partial charge in [0.05, 0.1) is 14.2 Å². The topological polar surface area (TPSA) is 72.9 Å². The van der Waals surface area contributed by atoms with Crippen molar-refractivity contribution in [2.24, 2.45) is 0 Å². The number of methoxy groups -OCH3 is 2. The van der Waals surface area contributed by atoms with E-state index in [2.05, 4.69) is 9.47 Å². The first-order valence-corrected chi connectivity index (χ1v) is 4.49. The van der Waals surface area contributed by atoms with E-state index in [1.54, 1.807) is 14.1 Å². The normalized spacial score (nSPS) is 10.6. The highest BCUT2D eigenvalue weighted by molar-refractivity contribution is 6.20. The van der Waals surface area contributed by atoms with E-state index in [0.717, 1.165) is 7.11 Å². The number of Topliss-reactive ketones (excluding diaryl/α,β-unsaturated/α-hetero) is 1. The fraction of sp³-hybridized carbons (Fsp3) is 0.500. The molecule has 90 valence electrons. The molecule has 0 aromatic heterocycles. The lowest BCUT2D eigenvalue weighted by molar-refractivity contribution is -0.143. The van der Waals surface area contributed by atoms with Gasteiger partial charge in [-0.3, -0.25) is 9.59 Å². The molecule has 0 saturated heterocycles. The molecule has 0 saturated carbocycles. The predicted molar refractivity (Wildman–Crippen MR) is 55.4 cm³/mol. The Bertz CT molecular complexity index is 319. The standard InChI is InChI=1S/C10H15NO5/c1-11(2)6-7(10(14)16-4)8(12)5-9(13)15-3/h6H,5H2,1-4H3/b7-6-. The van der Waals surface area contributed by atoms with E-state index in [4.69, 9.17) is 0 Å². The van der Waals surface area contributed by atoms with E-state index in [1.165, 1.54) is 18.2 Å². The van der Waals surface area contributed by atoms with E-state index in [0.29, 0.717) is 0 Å². The number of hydrogen-bond acceptors (Lipinski definition) is 6. The number of esters is 2. The predicted octanol–water partition coefficient (Wildman–Crippen LogP) is -0.263. The van der Waals surface area contributed by atoms with E-state index >= 15 is 0 Å². The van der Waals surface area contributed by atoms with Gasteiger partial charge in [0.2, 0.25) is 0 Å². The minimum absolute atomic E-state index is 0.182. The van der Waals surface area contributed by atoms with Gasteiger partial charge in [0.25, 0.3) is 0 Å². The molecule has 0 spiro atoms. The van der Waals surface area contributed by atoms with Gasteiger partial charge < -0.3 is 14.4 Å². The maximum Gasteiger partial charge on any atom is 0.343 e. The third-order valence-corrected chi connectivity index (χ3v) is 1.63.